The standard InChI is InChI=1S/C9H10O.CF2O/c1-10-8-7-9-5-3-2-4-6-9;2-1(3)4/h2-8H,1H3;. The van der Waals surface area contributed by atoms with Crippen LogP contribution in [-0.4, -0.2) is 13.4 Å². The maximum Gasteiger partial charge on any atom is 0.483 e. The second-order valence-electron chi connectivity index (χ2n) is 2.17. The lowest BCUT2D eigenvalue weighted by molar-refractivity contribution is 0.199. The molecule has 0 radical (unpaired) electrons. The monoisotopic (exact) mass is 200 g/mol. The van der Waals surface area contributed by atoms with Crippen molar-refractivity contribution in [2.24, 2.45) is 0 Å². The van der Waals surface area contributed by atoms with Gasteiger partial charge in [-0.05, 0) is 11.6 Å². The van der Waals surface area contributed by atoms with Gasteiger partial charge in [-0.2, -0.15) is 0 Å². The van der Waals surface area contributed by atoms with Crippen LogP contribution in [0.5, 0.6) is 0 Å². The number of carbonyl (C=O) groups excluding carboxylic acids is 1. The molecule has 0 amide bonds. The molecule has 0 spiro atoms. The summed E-state index contributed by atoms with van der Waals surface area (Å²) in [5, 5.41) is 0. The Morgan fingerprint density at radius 2 is 1.79 bits per heavy atom. The number of hydrogen-bond acceptors (Lipinski definition) is 2. The number of methoxy groups -OCH3 is 1. The molecule has 76 valence electrons. The quantitative estimate of drug-likeness (QED) is 0.540. The van der Waals surface area contributed by atoms with E-state index in [2.05, 4.69) is 0 Å². The third-order valence-electron chi connectivity index (χ3n) is 1.20. The summed E-state index contributed by atoms with van der Waals surface area (Å²) >= 11 is 0. The van der Waals surface area contributed by atoms with Gasteiger partial charge in [0, 0.05) is 0 Å². The van der Waals surface area contributed by atoms with E-state index >= 15 is 0 Å². The fourth-order valence-electron chi connectivity index (χ4n) is 0.711. The Bertz CT molecular complexity index is 279. The van der Waals surface area contributed by atoms with E-state index < -0.39 is 6.29 Å². The maximum atomic E-state index is 9.69. The number of benzene rings is 1. The van der Waals surface area contributed by atoms with E-state index in [1.807, 2.05) is 36.4 Å². The smallest absolute Gasteiger partial charge is 0.483 e. The van der Waals surface area contributed by atoms with E-state index in [9.17, 15) is 8.78 Å². The van der Waals surface area contributed by atoms with Gasteiger partial charge >= 0.3 is 6.29 Å². The van der Waals surface area contributed by atoms with E-state index in [1.165, 1.54) is 0 Å². The molecule has 1 aromatic carbocycles. The van der Waals surface area contributed by atoms with Crippen LogP contribution in [0.15, 0.2) is 36.6 Å². The summed E-state index contributed by atoms with van der Waals surface area (Å²) in [5.74, 6) is 0. The van der Waals surface area contributed by atoms with Gasteiger partial charge in [0.15, 0.2) is 0 Å². The summed E-state index contributed by atoms with van der Waals surface area (Å²) in [6.45, 7) is 0. The highest BCUT2D eigenvalue weighted by Gasteiger charge is 1.79. The first-order valence-corrected chi connectivity index (χ1v) is 3.76. The lowest BCUT2D eigenvalue weighted by Gasteiger charge is -1.89. The highest BCUT2D eigenvalue weighted by molar-refractivity contribution is 5.55. The molecule has 2 nitrogen and oxygen atoms in total. The largest absolute Gasteiger partial charge is 0.504 e. The van der Waals surface area contributed by atoms with E-state index in [0.29, 0.717) is 0 Å². The topological polar surface area (TPSA) is 26.3 Å². The molecule has 14 heavy (non-hydrogen) atoms. The molecule has 0 atom stereocenters. The predicted octanol–water partition coefficient (Wildman–Crippen LogP) is 3.35. The fourth-order valence-corrected chi connectivity index (χ4v) is 0.711. The van der Waals surface area contributed by atoms with Crippen molar-refractivity contribution < 1.29 is 18.3 Å². The molecule has 1 rings (SSSR count). The van der Waals surface area contributed by atoms with Gasteiger partial charge in [0.1, 0.15) is 0 Å². The molecule has 0 aliphatic heterocycles. The third kappa shape index (κ3) is 8.39. The predicted molar refractivity (Wildman–Crippen MR) is 50.1 cm³/mol. The molecular weight excluding hydrogens is 190 g/mol. The van der Waals surface area contributed by atoms with Crippen molar-refractivity contribution in [3.63, 3.8) is 0 Å². The minimum absolute atomic E-state index is 1.16. The molecule has 0 aliphatic rings. The summed E-state index contributed by atoms with van der Waals surface area (Å²) in [7, 11) is 1.64. The number of rotatable bonds is 2. The van der Waals surface area contributed by atoms with E-state index in [4.69, 9.17) is 9.53 Å². The molecule has 0 heterocycles. The number of hydrogen-bond donors (Lipinski definition) is 0. The average Bonchev–Trinajstić information content (AvgIpc) is 2.15. The van der Waals surface area contributed by atoms with Crippen LogP contribution in [0.4, 0.5) is 13.6 Å². The molecule has 0 bridgehead atoms. The Hall–Kier alpha value is -1.71. The molecule has 0 N–H and O–H groups in total. The van der Waals surface area contributed by atoms with Gasteiger partial charge < -0.3 is 4.74 Å². The molecule has 0 unspecified atom stereocenters. The second-order valence-corrected chi connectivity index (χ2v) is 2.17. The van der Waals surface area contributed by atoms with Crippen molar-refractivity contribution in [3.05, 3.63) is 42.2 Å². The van der Waals surface area contributed by atoms with Gasteiger partial charge in [-0.15, -0.1) is 8.78 Å². The first-order valence-electron chi connectivity index (χ1n) is 3.76. The number of carbonyl (C=O) groups is 1. The molecule has 4 heteroatoms. The first kappa shape index (κ1) is 12.3. The van der Waals surface area contributed by atoms with Crippen molar-refractivity contribution >= 4 is 12.4 Å². The zero-order valence-electron chi connectivity index (χ0n) is 7.61. The maximum absolute atomic E-state index is 9.69. The van der Waals surface area contributed by atoms with Crippen molar-refractivity contribution in [2.45, 2.75) is 0 Å². The van der Waals surface area contributed by atoms with Crippen LogP contribution >= 0.6 is 0 Å². The summed E-state index contributed by atoms with van der Waals surface area (Å²) in [4.78, 5) is 8.11. The summed E-state index contributed by atoms with van der Waals surface area (Å²) in [6, 6.07) is 10.0. The van der Waals surface area contributed by atoms with Gasteiger partial charge in [0.25, 0.3) is 0 Å². The van der Waals surface area contributed by atoms with E-state index in [-0.39, 0.29) is 0 Å². The summed E-state index contributed by atoms with van der Waals surface area (Å²) in [5.41, 5.74) is 1.16. The van der Waals surface area contributed by atoms with Gasteiger partial charge in [-0.3, -0.25) is 0 Å². The zero-order chi connectivity index (χ0) is 10.8. The number of halogens is 2. The van der Waals surface area contributed by atoms with Crippen molar-refractivity contribution in [1.82, 2.24) is 0 Å². The molecule has 0 aromatic heterocycles. The molecule has 0 saturated carbocycles. The van der Waals surface area contributed by atoms with Crippen LogP contribution < -0.4 is 0 Å². The molecule has 0 saturated heterocycles. The van der Waals surface area contributed by atoms with Gasteiger partial charge in [0.2, 0.25) is 0 Å². The normalized spacial score (nSPS) is 9.07. The van der Waals surface area contributed by atoms with Crippen LogP contribution in [0.2, 0.25) is 0 Å². The van der Waals surface area contributed by atoms with Crippen LogP contribution in [0.1, 0.15) is 5.56 Å². The summed E-state index contributed by atoms with van der Waals surface area (Å²) < 4.78 is 24.2. The molecule has 0 aliphatic carbocycles. The lowest BCUT2D eigenvalue weighted by Crippen LogP contribution is -1.69. The highest BCUT2D eigenvalue weighted by Crippen LogP contribution is 1.99. The molecule has 0 fully saturated rings. The SMILES string of the molecule is COC=Cc1ccccc1.O=C(F)F. The van der Waals surface area contributed by atoms with Crippen molar-refractivity contribution in [1.29, 1.82) is 0 Å². The van der Waals surface area contributed by atoms with Crippen LogP contribution in [0.3, 0.4) is 0 Å². The average molecular weight is 200 g/mol. The van der Waals surface area contributed by atoms with E-state index in [1.54, 1.807) is 13.4 Å². The van der Waals surface area contributed by atoms with Crippen LogP contribution in [-0.2, 0) is 4.74 Å². The molecule has 1 aromatic rings. The van der Waals surface area contributed by atoms with Crippen molar-refractivity contribution in [2.75, 3.05) is 7.11 Å². The number of ether oxygens (including phenoxy) is 1. The zero-order valence-corrected chi connectivity index (χ0v) is 7.61. The minimum Gasteiger partial charge on any atom is -0.504 e. The van der Waals surface area contributed by atoms with Gasteiger partial charge in [0.05, 0.1) is 13.4 Å². The molecular formula is C10H10F2O2. The van der Waals surface area contributed by atoms with E-state index in [0.717, 1.165) is 5.56 Å². The fraction of sp³-hybridized carbons (Fsp3) is 0.100. The first-order chi connectivity index (χ1) is 6.66. The minimum atomic E-state index is -2.83. The Morgan fingerprint density at radius 3 is 2.21 bits per heavy atom. The Kier molecular flexibility index (Phi) is 6.95. The Labute approximate surface area is 80.8 Å². The lowest BCUT2D eigenvalue weighted by atomic mass is 10.2. The highest BCUT2D eigenvalue weighted by atomic mass is 19.3. The Balaban J connectivity index is 0.000000364. The summed E-state index contributed by atoms with van der Waals surface area (Å²) in [6.07, 6.45) is 0.745. The van der Waals surface area contributed by atoms with Crippen LogP contribution in [0.25, 0.3) is 6.08 Å². The third-order valence-corrected chi connectivity index (χ3v) is 1.20. The second kappa shape index (κ2) is 7.91. The van der Waals surface area contributed by atoms with Gasteiger partial charge in [-0.1, -0.05) is 30.3 Å². The van der Waals surface area contributed by atoms with Gasteiger partial charge in [-0.25, -0.2) is 4.79 Å². The van der Waals surface area contributed by atoms with Crippen LogP contribution in [0, 0.1) is 0 Å². The van der Waals surface area contributed by atoms with Crippen molar-refractivity contribution in [3.8, 4) is 0 Å². The Morgan fingerprint density at radius 1 is 1.29 bits per heavy atom.